The molecule has 0 radical (unpaired) electrons. The van der Waals surface area contributed by atoms with Crippen LogP contribution < -0.4 is 10.1 Å². The molecule has 1 aliphatic carbocycles. The van der Waals surface area contributed by atoms with Crippen molar-refractivity contribution in [3.05, 3.63) is 29.3 Å². The van der Waals surface area contributed by atoms with Gasteiger partial charge in [-0.2, -0.15) is 0 Å². The maximum absolute atomic E-state index is 5.64. The van der Waals surface area contributed by atoms with E-state index >= 15 is 0 Å². The summed E-state index contributed by atoms with van der Waals surface area (Å²) in [5.74, 6) is 1.03. The number of methoxy groups -OCH3 is 1. The van der Waals surface area contributed by atoms with Crippen LogP contribution in [0.15, 0.2) is 18.2 Å². The Kier molecular flexibility index (Phi) is 5.09. The van der Waals surface area contributed by atoms with E-state index in [1.807, 2.05) is 0 Å². The number of hydrogen-bond donors (Lipinski definition) is 1. The normalized spacial score (nSPS) is 19.0. The van der Waals surface area contributed by atoms with Crippen LogP contribution in [0.5, 0.6) is 5.75 Å². The zero-order chi connectivity index (χ0) is 14.6. The minimum atomic E-state index is 0.400. The number of aryl methyl sites for hydroxylation is 1. The molecule has 0 saturated heterocycles. The maximum Gasteiger partial charge on any atom is 0.123 e. The Balaban J connectivity index is 2.44. The van der Waals surface area contributed by atoms with Crippen LogP contribution in [-0.2, 0) is 0 Å². The van der Waals surface area contributed by atoms with Gasteiger partial charge in [-0.05, 0) is 44.2 Å². The van der Waals surface area contributed by atoms with Crippen molar-refractivity contribution in [2.24, 2.45) is 5.41 Å². The lowest BCUT2D eigenvalue weighted by Crippen LogP contribution is -2.36. The minimum Gasteiger partial charge on any atom is -0.496 e. The van der Waals surface area contributed by atoms with Crippen molar-refractivity contribution in [2.75, 3.05) is 13.7 Å². The molecule has 0 heterocycles. The first kappa shape index (κ1) is 15.4. The molecular weight excluding hydrogens is 246 g/mol. The Morgan fingerprint density at radius 2 is 1.95 bits per heavy atom. The SMILES string of the molecule is CCNC(c1cc(C)ccc1OC)C1(CC)CCCC1. The van der Waals surface area contributed by atoms with E-state index in [4.69, 9.17) is 4.74 Å². The average molecular weight is 275 g/mol. The van der Waals surface area contributed by atoms with Crippen LogP contribution >= 0.6 is 0 Å². The van der Waals surface area contributed by atoms with Gasteiger partial charge in [0.1, 0.15) is 5.75 Å². The lowest BCUT2D eigenvalue weighted by molar-refractivity contribution is 0.185. The lowest BCUT2D eigenvalue weighted by atomic mass is 9.73. The van der Waals surface area contributed by atoms with Crippen molar-refractivity contribution in [2.45, 2.75) is 58.9 Å². The molecule has 0 aromatic heterocycles. The minimum absolute atomic E-state index is 0.400. The van der Waals surface area contributed by atoms with Crippen LogP contribution in [-0.4, -0.2) is 13.7 Å². The summed E-state index contributed by atoms with van der Waals surface area (Å²) in [6.45, 7) is 7.72. The largest absolute Gasteiger partial charge is 0.496 e. The predicted molar refractivity (Wildman–Crippen MR) is 85.3 cm³/mol. The molecule has 1 aliphatic rings. The zero-order valence-corrected chi connectivity index (χ0v) is 13.5. The molecular formula is C18H29NO. The third kappa shape index (κ3) is 2.85. The first-order valence-corrected chi connectivity index (χ1v) is 8.04. The van der Waals surface area contributed by atoms with Gasteiger partial charge < -0.3 is 10.1 Å². The third-order valence-electron chi connectivity index (χ3n) is 5.02. The molecule has 1 unspecified atom stereocenters. The second kappa shape index (κ2) is 6.62. The maximum atomic E-state index is 5.64. The van der Waals surface area contributed by atoms with Crippen molar-refractivity contribution in [1.29, 1.82) is 0 Å². The summed E-state index contributed by atoms with van der Waals surface area (Å²) in [7, 11) is 1.78. The van der Waals surface area contributed by atoms with Gasteiger partial charge in [-0.15, -0.1) is 0 Å². The molecule has 20 heavy (non-hydrogen) atoms. The zero-order valence-electron chi connectivity index (χ0n) is 13.5. The molecule has 0 spiro atoms. The van der Waals surface area contributed by atoms with Crippen molar-refractivity contribution < 1.29 is 4.74 Å². The number of ether oxygens (including phenoxy) is 1. The van der Waals surface area contributed by atoms with E-state index in [1.54, 1.807) is 7.11 Å². The predicted octanol–water partition coefficient (Wildman–Crippen LogP) is 4.62. The van der Waals surface area contributed by atoms with Gasteiger partial charge in [0.25, 0.3) is 0 Å². The van der Waals surface area contributed by atoms with Crippen molar-refractivity contribution >= 4 is 0 Å². The van der Waals surface area contributed by atoms with E-state index in [0.717, 1.165) is 12.3 Å². The van der Waals surface area contributed by atoms with Crippen LogP contribution in [0.1, 0.15) is 63.1 Å². The van der Waals surface area contributed by atoms with E-state index < -0.39 is 0 Å². The smallest absolute Gasteiger partial charge is 0.123 e. The summed E-state index contributed by atoms with van der Waals surface area (Å²) in [6, 6.07) is 6.98. The van der Waals surface area contributed by atoms with Crippen LogP contribution in [0.25, 0.3) is 0 Å². The average Bonchev–Trinajstić information content (AvgIpc) is 2.94. The molecule has 1 fully saturated rings. The summed E-state index contributed by atoms with van der Waals surface area (Å²) >= 11 is 0. The highest BCUT2D eigenvalue weighted by Crippen LogP contribution is 2.51. The number of hydrogen-bond acceptors (Lipinski definition) is 2. The van der Waals surface area contributed by atoms with Gasteiger partial charge in [-0.25, -0.2) is 0 Å². The molecule has 0 aliphatic heterocycles. The second-order valence-corrected chi connectivity index (χ2v) is 6.16. The van der Waals surface area contributed by atoms with Gasteiger partial charge in [0.05, 0.1) is 7.11 Å². The molecule has 1 N–H and O–H groups in total. The lowest BCUT2D eigenvalue weighted by Gasteiger charge is -2.38. The van der Waals surface area contributed by atoms with E-state index in [0.29, 0.717) is 11.5 Å². The highest BCUT2D eigenvalue weighted by molar-refractivity contribution is 5.40. The Morgan fingerprint density at radius 1 is 1.25 bits per heavy atom. The highest BCUT2D eigenvalue weighted by Gasteiger charge is 2.41. The Hall–Kier alpha value is -1.02. The van der Waals surface area contributed by atoms with E-state index in [1.165, 1.54) is 43.2 Å². The molecule has 1 saturated carbocycles. The van der Waals surface area contributed by atoms with Gasteiger partial charge in [0, 0.05) is 11.6 Å². The number of rotatable bonds is 6. The molecule has 2 heteroatoms. The number of nitrogens with one attached hydrogen (secondary N) is 1. The molecule has 1 aromatic carbocycles. The summed E-state index contributed by atoms with van der Waals surface area (Å²) in [5, 5.41) is 3.75. The van der Waals surface area contributed by atoms with Crippen LogP contribution in [0.4, 0.5) is 0 Å². The van der Waals surface area contributed by atoms with E-state index in [2.05, 4.69) is 44.3 Å². The summed E-state index contributed by atoms with van der Waals surface area (Å²) in [6.07, 6.45) is 6.63. The van der Waals surface area contributed by atoms with Gasteiger partial charge in [0.2, 0.25) is 0 Å². The van der Waals surface area contributed by atoms with Crippen LogP contribution in [0.3, 0.4) is 0 Å². The standard InChI is InChI=1S/C18H29NO/c1-5-18(11-7-8-12-18)17(19-6-2)15-13-14(3)9-10-16(15)20-4/h9-10,13,17,19H,5-8,11-12H2,1-4H3. The van der Waals surface area contributed by atoms with Gasteiger partial charge in [0.15, 0.2) is 0 Å². The first-order valence-electron chi connectivity index (χ1n) is 8.04. The highest BCUT2D eigenvalue weighted by atomic mass is 16.5. The van der Waals surface area contributed by atoms with Gasteiger partial charge >= 0.3 is 0 Å². The second-order valence-electron chi connectivity index (χ2n) is 6.16. The Labute approximate surface area is 123 Å². The first-order chi connectivity index (χ1) is 9.66. The van der Waals surface area contributed by atoms with Crippen molar-refractivity contribution in [1.82, 2.24) is 5.32 Å². The van der Waals surface area contributed by atoms with Crippen molar-refractivity contribution in [3.63, 3.8) is 0 Å². The monoisotopic (exact) mass is 275 g/mol. The fourth-order valence-corrected chi connectivity index (χ4v) is 3.87. The fourth-order valence-electron chi connectivity index (χ4n) is 3.87. The van der Waals surface area contributed by atoms with Gasteiger partial charge in [-0.1, -0.05) is 44.4 Å². The van der Waals surface area contributed by atoms with Crippen LogP contribution in [0, 0.1) is 12.3 Å². The van der Waals surface area contributed by atoms with Crippen molar-refractivity contribution in [3.8, 4) is 5.75 Å². The molecule has 2 nitrogen and oxygen atoms in total. The quantitative estimate of drug-likeness (QED) is 0.817. The Morgan fingerprint density at radius 3 is 2.50 bits per heavy atom. The molecule has 112 valence electrons. The summed E-state index contributed by atoms with van der Waals surface area (Å²) in [5.41, 5.74) is 3.06. The molecule has 1 aromatic rings. The van der Waals surface area contributed by atoms with E-state index in [9.17, 15) is 0 Å². The Bertz CT molecular complexity index is 435. The topological polar surface area (TPSA) is 21.3 Å². The fraction of sp³-hybridized carbons (Fsp3) is 0.667. The molecule has 1 atom stereocenters. The summed E-state index contributed by atoms with van der Waals surface area (Å²) in [4.78, 5) is 0. The van der Waals surface area contributed by atoms with Gasteiger partial charge in [-0.3, -0.25) is 0 Å². The van der Waals surface area contributed by atoms with E-state index in [-0.39, 0.29) is 0 Å². The third-order valence-corrected chi connectivity index (χ3v) is 5.02. The molecule has 2 rings (SSSR count). The van der Waals surface area contributed by atoms with Crippen LogP contribution in [0.2, 0.25) is 0 Å². The number of benzene rings is 1. The summed E-state index contributed by atoms with van der Waals surface area (Å²) < 4.78 is 5.64. The molecule has 0 amide bonds. The molecule has 0 bridgehead atoms.